The average Bonchev–Trinajstić information content (AvgIpc) is 2.06. The highest BCUT2D eigenvalue weighted by Crippen LogP contribution is 2.02. The fourth-order valence-corrected chi connectivity index (χ4v) is 1.53. The van der Waals surface area contributed by atoms with Crippen molar-refractivity contribution < 1.29 is 4.74 Å². The van der Waals surface area contributed by atoms with Gasteiger partial charge < -0.3 is 4.74 Å². The van der Waals surface area contributed by atoms with Gasteiger partial charge in [-0.1, -0.05) is 6.92 Å². The fraction of sp³-hybridized carbons (Fsp3) is 1.00. The Morgan fingerprint density at radius 1 is 0.857 bits per heavy atom. The van der Waals surface area contributed by atoms with E-state index >= 15 is 0 Å². The van der Waals surface area contributed by atoms with Crippen LogP contribution in [0.2, 0.25) is 0 Å². The molecule has 0 aromatic rings. The standard InChI is InChI=1S/C8H19N.C4H10O/c1-6-9(7(2)3)8(4)5;1-3-5-4-2/h7-8H,6H2,1-5H3;3-4H2,1-2H3. The van der Waals surface area contributed by atoms with E-state index in [9.17, 15) is 0 Å². The van der Waals surface area contributed by atoms with Crippen molar-refractivity contribution in [2.45, 2.75) is 60.5 Å². The third-order valence-electron chi connectivity index (χ3n) is 2.10. The maximum absolute atomic E-state index is 4.83. The molecule has 0 rings (SSSR count). The van der Waals surface area contributed by atoms with E-state index < -0.39 is 0 Å². The van der Waals surface area contributed by atoms with E-state index in [1.165, 1.54) is 0 Å². The molecule has 0 aliphatic heterocycles. The second-order valence-electron chi connectivity index (χ2n) is 3.80. The van der Waals surface area contributed by atoms with Crippen LogP contribution < -0.4 is 0 Å². The largest absolute Gasteiger partial charge is 0.382 e. The highest BCUT2D eigenvalue weighted by Gasteiger charge is 2.08. The van der Waals surface area contributed by atoms with Crippen LogP contribution in [0.1, 0.15) is 48.5 Å². The van der Waals surface area contributed by atoms with Gasteiger partial charge in [0.1, 0.15) is 0 Å². The number of ether oxygens (including phenoxy) is 1. The Morgan fingerprint density at radius 2 is 1.21 bits per heavy atom. The Balaban J connectivity index is 0. The molecule has 0 saturated carbocycles. The summed E-state index contributed by atoms with van der Waals surface area (Å²) in [5.74, 6) is 0. The molecule has 0 atom stereocenters. The molecule has 0 unspecified atom stereocenters. The van der Waals surface area contributed by atoms with E-state index in [1.807, 2.05) is 13.8 Å². The Labute approximate surface area is 90.6 Å². The van der Waals surface area contributed by atoms with Crippen LogP contribution in [0.15, 0.2) is 0 Å². The topological polar surface area (TPSA) is 12.5 Å². The quantitative estimate of drug-likeness (QED) is 0.680. The third kappa shape index (κ3) is 10.0. The molecule has 0 aromatic carbocycles. The van der Waals surface area contributed by atoms with Crippen molar-refractivity contribution in [2.24, 2.45) is 0 Å². The van der Waals surface area contributed by atoms with Gasteiger partial charge in [-0.15, -0.1) is 0 Å². The molecule has 0 aromatic heterocycles. The SMILES string of the molecule is CCN(C(C)C)C(C)C.CCOCC. The van der Waals surface area contributed by atoms with Crippen molar-refractivity contribution in [3.05, 3.63) is 0 Å². The molecule has 2 heteroatoms. The minimum atomic E-state index is 0.690. The molecular weight excluding hydrogens is 174 g/mol. The number of hydrogen-bond acceptors (Lipinski definition) is 2. The van der Waals surface area contributed by atoms with Crippen LogP contribution in [0, 0.1) is 0 Å². The summed E-state index contributed by atoms with van der Waals surface area (Å²) in [5, 5.41) is 0. The molecule has 88 valence electrons. The Hall–Kier alpha value is -0.0800. The Morgan fingerprint density at radius 3 is 1.21 bits per heavy atom. The molecule has 14 heavy (non-hydrogen) atoms. The van der Waals surface area contributed by atoms with Crippen LogP contribution in [0.25, 0.3) is 0 Å². The highest BCUT2D eigenvalue weighted by atomic mass is 16.5. The first-order valence-electron chi connectivity index (χ1n) is 5.84. The maximum Gasteiger partial charge on any atom is 0.0437 e. The van der Waals surface area contributed by atoms with Crippen LogP contribution in [0.3, 0.4) is 0 Å². The zero-order valence-electron chi connectivity index (χ0n) is 11.1. The summed E-state index contributed by atoms with van der Waals surface area (Å²) in [6, 6.07) is 1.38. The van der Waals surface area contributed by atoms with E-state index in [4.69, 9.17) is 4.74 Å². The zero-order valence-corrected chi connectivity index (χ0v) is 11.1. The lowest BCUT2D eigenvalue weighted by molar-refractivity contribution is 0.162. The lowest BCUT2D eigenvalue weighted by Gasteiger charge is -2.28. The molecule has 0 aliphatic carbocycles. The van der Waals surface area contributed by atoms with Crippen molar-refractivity contribution in [3.63, 3.8) is 0 Å². The van der Waals surface area contributed by atoms with Crippen LogP contribution in [0.5, 0.6) is 0 Å². The molecule has 0 amide bonds. The summed E-state index contributed by atoms with van der Waals surface area (Å²) in [6.07, 6.45) is 0. The first-order valence-corrected chi connectivity index (χ1v) is 5.84. The summed E-state index contributed by atoms with van der Waals surface area (Å²) >= 11 is 0. The Kier molecular flexibility index (Phi) is 12.8. The number of hydrogen-bond donors (Lipinski definition) is 0. The zero-order chi connectivity index (χ0) is 11.6. The first kappa shape index (κ1) is 16.4. The van der Waals surface area contributed by atoms with Gasteiger partial charge in [-0.05, 0) is 48.1 Å². The van der Waals surface area contributed by atoms with Gasteiger partial charge in [0.05, 0.1) is 0 Å². The average molecular weight is 203 g/mol. The van der Waals surface area contributed by atoms with Gasteiger partial charge in [-0.2, -0.15) is 0 Å². The van der Waals surface area contributed by atoms with Gasteiger partial charge in [0.2, 0.25) is 0 Å². The normalized spacial score (nSPS) is 10.7. The summed E-state index contributed by atoms with van der Waals surface area (Å²) in [5.41, 5.74) is 0. The number of nitrogens with zero attached hydrogens (tertiary/aromatic N) is 1. The van der Waals surface area contributed by atoms with Crippen LogP contribution in [-0.2, 0) is 4.74 Å². The maximum atomic E-state index is 4.83. The van der Waals surface area contributed by atoms with Crippen molar-refractivity contribution in [3.8, 4) is 0 Å². The van der Waals surface area contributed by atoms with Crippen molar-refractivity contribution >= 4 is 0 Å². The minimum Gasteiger partial charge on any atom is -0.382 e. The van der Waals surface area contributed by atoms with Crippen LogP contribution in [0.4, 0.5) is 0 Å². The predicted molar refractivity (Wildman–Crippen MR) is 64.8 cm³/mol. The second-order valence-corrected chi connectivity index (χ2v) is 3.80. The summed E-state index contributed by atoms with van der Waals surface area (Å²) < 4.78 is 4.83. The van der Waals surface area contributed by atoms with Gasteiger partial charge in [0.25, 0.3) is 0 Å². The van der Waals surface area contributed by atoms with Crippen molar-refractivity contribution in [1.82, 2.24) is 4.90 Å². The Bertz CT molecular complexity index is 92.5. The van der Waals surface area contributed by atoms with Crippen molar-refractivity contribution in [1.29, 1.82) is 0 Å². The third-order valence-corrected chi connectivity index (χ3v) is 2.10. The van der Waals surface area contributed by atoms with Crippen LogP contribution in [-0.4, -0.2) is 36.7 Å². The van der Waals surface area contributed by atoms with Gasteiger partial charge >= 0.3 is 0 Å². The summed E-state index contributed by atoms with van der Waals surface area (Å²) in [4.78, 5) is 2.46. The molecule has 0 N–H and O–H groups in total. The van der Waals surface area contributed by atoms with Gasteiger partial charge in [0, 0.05) is 25.3 Å². The van der Waals surface area contributed by atoms with Gasteiger partial charge in [0.15, 0.2) is 0 Å². The molecule has 0 fully saturated rings. The van der Waals surface area contributed by atoms with E-state index in [0.717, 1.165) is 19.8 Å². The van der Waals surface area contributed by atoms with E-state index in [1.54, 1.807) is 0 Å². The molecule has 0 aliphatic rings. The monoisotopic (exact) mass is 203 g/mol. The first-order chi connectivity index (χ1) is 6.51. The minimum absolute atomic E-state index is 0.690. The van der Waals surface area contributed by atoms with E-state index in [0.29, 0.717) is 12.1 Å². The number of rotatable bonds is 5. The second kappa shape index (κ2) is 11.0. The molecule has 0 heterocycles. The highest BCUT2D eigenvalue weighted by molar-refractivity contribution is 4.64. The molecular formula is C12H29NO. The molecule has 2 nitrogen and oxygen atoms in total. The lowest BCUT2D eigenvalue weighted by Crippen LogP contribution is -2.36. The molecule has 0 radical (unpaired) electrons. The van der Waals surface area contributed by atoms with Gasteiger partial charge in [-0.25, -0.2) is 0 Å². The predicted octanol–water partition coefficient (Wildman–Crippen LogP) is 3.17. The lowest BCUT2D eigenvalue weighted by atomic mass is 10.2. The van der Waals surface area contributed by atoms with Gasteiger partial charge in [-0.3, -0.25) is 4.90 Å². The van der Waals surface area contributed by atoms with E-state index in [-0.39, 0.29) is 0 Å². The van der Waals surface area contributed by atoms with Crippen molar-refractivity contribution in [2.75, 3.05) is 19.8 Å². The molecule has 0 spiro atoms. The summed E-state index contributed by atoms with van der Waals surface area (Å²) in [7, 11) is 0. The van der Waals surface area contributed by atoms with Crippen LogP contribution >= 0.6 is 0 Å². The summed E-state index contributed by atoms with van der Waals surface area (Å²) in [6.45, 7) is 18.0. The molecule has 0 bridgehead atoms. The molecule has 0 saturated heterocycles. The smallest absolute Gasteiger partial charge is 0.0437 e. The fourth-order valence-electron chi connectivity index (χ4n) is 1.53. The van der Waals surface area contributed by atoms with E-state index in [2.05, 4.69) is 39.5 Å².